The number of hydrogen-bond acceptors (Lipinski definition) is 0. The molecule has 0 spiro atoms. The first-order valence-electron chi connectivity index (χ1n) is 20.2. The highest BCUT2D eigenvalue weighted by Crippen LogP contribution is 2.52. The van der Waals surface area contributed by atoms with Crippen molar-refractivity contribution in [2.24, 2.45) is 0 Å². The van der Waals surface area contributed by atoms with E-state index < -0.39 is 0 Å². The van der Waals surface area contributed by atoms with Crippen LogP contribution in [0, 0.1) is 0 Å². The van der Waals surface area contributed by atoms with E-state index in [9.17, 15) is 0 Å². The van der Waals surface area contributed by atoms with Gasteiger partial charge in [0.1, 0.15) is 0 Å². The second-order valence-corrected chi connectivity index (χ2v) is 16.5. The van der Waals surface area contributed by atoms with Gasteiger partial charge in [-0.2, -0.15) is 0 Å². The highest BCUT2D eigenvalue weighted by Gasteiger charge is 2.27. The standard InChI is InChI=1S/C54H32Cl2N4/c55-39-27-25-33-31-17-7-9-23-41(31)57-51(33)45(39)35-19-11-21-37-47-43(29-13-3-1-4-14-29)53-48(44(54(47)60-49(35)37)30-15-5-2-6-16-30)38-22-12-20-36(50(38)59-53)46-40(56)28-26-34-32-18-8-10-24-42(32)58-52(34)46/h1-28,57-60H. The first-order valence-corrected chi connectivity index (χ1v) is 20.9. The zero-order valence-corrected chi connectivity index (χ0v) is 33.4. The predicted molar refractivity (Wildman–Crippen MR) is 256 cm³/mol. The maximum Gasteiger partial charge on any atom is 0.0560 e. The molecule has 4 N–H and O–H groups in total. The quantitative estimate of drug-likeness (QED) is 0.137. The molecule has 4 heterocycles. The van der Waals surface area contributed by atoms with Gasteiger partial charge in [-0.05, 0) is 35.4 Å². The Labute approximate surface area is 353 Å². The van der Waals surface area contributed by atoms with E-state index in [0.29, 0.717) is 10.0 Å². The SMILES string of the molecule is Clc1ccc2c([nH]c3ccccc32)c1-c1cccc2c1[nH]c1c(-c3ccccc3)c3c([nH]c4c(-c5c(Cl)ccc6c5[nH]c5ccccc56)cccc43)c(-c3ccccc3)c12. The lowest BCUT2D eigenvalue weighted by atomic mass is 9.89. The summed E-state index contributed by atoms with van der Waals surface area (Å²) >= 11 is 14.5. The van der Waals surface area contributed by atoms with Gasteiger partial charge in [-0.3, -0.25) is 0 Å². The Bertz CT molecular complexity index is 3650. The number of halogens is 2. The van der Waals surface area contributed by atoms with Crippen molar-refractivity contribution in [2.75, 3.05) is 0 Å². The number of H-pyrrole nitrogens is 4. The van der Waals surface area contributed by atoms with Gasteiger partial charge in [-0.25, -0.2) is 0 Å². The van der Waals surface area contributed by atoms with Crippen LogP contribution in [0.4, 0.5) is 0 Å². The molecule has 6 heteroatoms. The fourth-order valence-corrected chi connectivity index (χ4v) is 10.6. The molecule has 0 unspecified atom stereocenters. The van der Waals surface area contributed by atoms with E-state index in [0.717, 1.165) is 121 Å². The normalized spacial score (nSPS) is 12.2. The summed E-state index contributed by atoms with van der Waals surface area (Å²) in [7, 11) is 0. The molecule has 13 aromatic rings. The maximum absolute atomic E-state index is 7.24. The number of para-hydroxylation sites is 4. The average molecular weight is 808 g/mol. The second kappa shape index (κ2) is 12.6. The molecule has 0 aliphatic rings. The molecular formula is C54H32Cl2N4. The minimum Gasteiger partial charge on any atom is -0.354 e. The molecule has 0 radical (unpaired) electrons. The number of hydrogen-bond donors (Lipinski definition) is 4. The molecule has 0 amide bonds. The number of nitrogens with one attached hydrogen (secondary N) is 4. The summed E-state index contributed by atoms with van der Waals surface area (Å²) in [6, 6.07) is 59.9. The van der Waals surface area contributed by atoms with E-state index in [-0.39, 0.29) is 0 Å². The first-order chi connectivity index (χ1) is 29.6. The van der Waals surface area contributed by atoms with Crippen LogP contribution >= 0.6 is 23.2 Å². The van der Waals surface area contributed by atoms with E-state index >= 15 is 0 Å². The Kier molecular flexibility index (Phi) is 7.09. The average Bonchev–Trinajstić information content (AvgIpc) is 4.07. The molecule has 13 rings (SSSR count). The van der Waals surface area contributed by atoms with Gasteiger partial charge < -0.3 is 19.9 Å². The largest absolute Gasteiger partial charge is 0.354 e. The molecule has 0 saturated heterocycles. The van der Waals surface area contributed by atoms with E-state index in [2.05, 4.69) is 178 Å². The molecule has 0 saturated carbocycles. The number of rotatable bonds is 4. The van der Waals surface area contributed by atoms with Gasteiger partial charge in [0.15, 0.2) is 0 Å². The monoisotopic (exact) mass is 806 g/mol. The van der Waals surface area contributed by atoms with Crippen molar-refractivity contribution in [3.8, 4) is 44.5 Å². The Morgan fingerprint density at radius 2 is 0.667 bits per heavy atom. The summed E-state index contributed by atoms with van der Waals surface area (Å²) in [6.07, 6.45) is 0. The predicted octanol–water partition coefficient (Wildman–Crippen LogP) is 16.2. The van der Waals surface area contributed by atoms with Crippen molar-refractivity contribution >= 4 is 110 Å². The van der Waals surface area contributed by atoms with E-state index in [4.69, 9.17) is 23.2 Å². The molecule has 4 aromatic heterocycles. The lowest BCUT2D eigenvalue weighted by molar-refractivity contribution is 1.51. The molecule has 0 bridgehead atoms. The number of fused-ring (bicyclic) bond motifs is 12. The Morgan fingerprint density at radius 3 is 1.12 bits per heavy atom. The number of benzene rings is 9. The second-order valence-electron chi connectivity index (χ2n) is 15.7. The summed E-state index contributed by atoms with van der Waals surface area (Å²) in [4.78, 5) is 15.6. The van der Waals surface area contributed by atoms with Gasteiger partial charge >= 0.3 is 0 Å². The fraction of sp³-hybridized carbons (Fsp3) is 0. The van der Waals surface area contributed by atoms with Crippen LogP contribution in [-0.2, 0) is 0 Å². The summed E-state index contributed by atoms with van der Waals surface area (Å²) < 4.78 is 0. The molecule has 0 aliphatic heterocycles. The van der Waals surface area contributed by atoms with Crippen molar-refractivity contribution in [2.45, 2.75) is 0 Å². The van der Waals surface area contributed by atoms with Gasteiger partial charge in [0.05, 0.1) is 43.1 Å². The lowest BCUT2D eigenvalue weighted by Gasteiger charge is -2.13. The third-order valence-electron chi connectivity index (χ3n) is 12.6. The van der Waals surface area contributed by atoms with Crippen molar-refractivity contribution in [1.82, 2.24) is 19.9 Å². The van der Waals surface area contributed by atoms with Crippen molar-refractivity contribution < 1.29 is 0 Å². The van der Waals surface area contributed by atoms with Crippen LogP contribution in [0.15, 0.2) is 170 Å². The van der Waals surface area contributed by atoms with Crippen LogP contribution in [-0.4, -0.2) is 19.9 Å². The van der Waals surface area contributed by atoms with Crippen LogP contribution in [0.3, 0.4) is 0 Å². The molecule has 4 nitrogen and oxygen atoms in total. The van der Waals surface area contributed by atoms with E-state index in [1.165, 1.54) is 10.8 Å². The highest BCUT2D eigenvalue weighted by atomic mass is 35.5. The minimum absolute atomic E-state index is 0.695. The van der Waals surface area contributed by atoms with Crippen LogP contribution in [0.25, 0.3) is 132 Å². The van der Waals surface area contributed by atoms with Crippen LogP contribution in [0.5, 0.6) is 0 Å². The topological polar surface area (TPSA) is 63.2 Å². The molecule has 282 valence electrons. The molecule has 0 atom stereocenters. The van der Waals surface area contributed by atoms with Crippen LogP contribution in [0.1, 0.15) is 0 Å². The highest BCUT2D eigenvalue weighted by molar-refractivity contribution is 6.39. The van der Waals surface area contributed by atoms with Crippen molar-refractivity contribution in [3.63, 3.8) is 0 Å². The van der Waals surface area contributed by atoms with Gasteiger partial charge in [-0.1, -0.05) is 169 Å². The van der Waals surface area contributed by atoms with Crippen molar-refractivity contribution in [3.05, 3.63) is 180 Å². The van der Waals surface area contributed by atoms with Crippen LogP contribution < -0.4 is 0 Å². The maximum atomic E-state index is 7.24. The van der Waals surface area contributed by atoms with Gasteiger partial charge in [0, 0.05) is 87.5 Å². The summed E-state index contributed by atoms with van der Waals surface area (Å²) in [5.41, 5.74) is 17.0. The molecule has 0 fully saturated rings. The van der Waals surface area contributed by atoms with Crippen molar-refractivity contribution in [1.29, 1.82) is 0 Å². The lowest BCUT2D eigenvalue weighted by Crippen LogP contribution is -1.88. The summed E-state index contributed by atoms with van der Waals surface area (Å²) in [5, 5.41) is 10.6. The Hall–Kier alpha value is -7.24. The molecule has 9 aromatic carbocycles. The first kappa shape index (κ1) is 33.7. The Balaban J connectivity index is 1.20. The molecular weight excluding hydrogens is 776 g/mol. The summed E-state index contributed by atoms with van der Waals surface area (Å²) in [5.74, 6) is 0. The third kappa shape index (κ3) is 4.63. The van der Waals surface area contributed by atoms with Crippen LogP contribution in [0.2, 0.25) is 10.0 Å². The zero-order valence-electron chi connectivity index (χ0n) is 31.9. The Morgan fingerprint density at radius 1 is 0.267 bits per heavy atom. The smallest absolute Gasteiger partial charge is 0.0560 e. The van der Waals surface area contributed by atoms with E-state index in [1.54, 1.807) is 0 Å². The van der Waals surface area contributed by atoms with Gasteiger partial charge in [0.2, 0.25) is 0 Å². The van der Waals surface area contributed by atoms with E-state index in [1.807, 2.05) is 12.1 Å². The third-order valence-corrected chi connectivity index (χ3v) is 13.2. The molecule has 60 heavy (non-hydrogen) atoms. The van der Waals surface area contributed by atoms with Gasteiger partial charge in [0.25, 0.3) is 0 Å². The zero-order chi connectivity index (χ0) is 39.6. The number of aromatic nitrogens is 4. The fourth-order valence-electron chi connectivity index (χ4n) is 10.1. The minimum atomic E-state index is 0.695. The number of aromatic amines is 4. The van der Waals surface area contributed by atoms with Gasteiger partial charge in [-0.15, -0.1) is 0 Å². The summed E-state index contributed by atoms with van der Waals surface area (Å²) in [6.45, 7) is 0. The molecule has 0 aliphatic carbocycles.